The number of rotatable bonds is 5. The Kier molecular flexibility index (Phi) is 5.07. The van der Waals surface area contributed by atoms with Gasteiger partial charge in [0.05, 0.1) is 5.56 Å². The van der Waals surface area contributed by atoms with E-state index < -0.39 is 11.7 Å². The van der Waals surface area contributed by atoms with Crippen LogP contribution in [-0.4, -0.2) is 29.8 Å². The maximum Gasteiger partial charge on any atom is 0.254 e. The average Bonchev–Trinajstić information content (AvgIpc) is 2.95. The van der Waals surface area contributed by atoms with E-state index in [1.807, 2.05) is 0 Å². The van der Waals surface area contributed by atoms with Crippen LogP contribution in [0.3, 0.4) is 0 Å². The number of carbonyl (C=O) groups excluding carboxylic acids is 2. The minimum atomic E-state index is -0.569. The van der Waals surface area contributed by atoms with Crippen LogP contribution in [0, 0.1) is 17.6 Å². The van der Waals surface area contributed by atoms with Crippen molar-refractivity contribution in [1.29, 1.82) is 0 Å². The maximum atomic E-state index is 13.6. The molecule has 0 aliphatic carbocycles. The van der Waals surface area contributed by atoms with E-state index in [1.165, 1.54) is 30.3 Å². The van der Waals surface area contributed by atoms with Crippen LogP contribution in [0.25, 0.3) is 0 Å². The minimum Gasteiger partial charge on any atom is -0.352 e. The van der Waals surface area contributed by atoms with Crippen LogP contribution in [0.1, 0.15) is 22.3 Å². The summed E-state index contributed by atoms with van der Waals surface area (Å²) in [5.74, 6) is -1.40. The fourth-order valence-corrected chi connectivity index (χ4v) is 2.93. The Bertz CT molecular complexity index is 777. The summed E-state index contributed by atoms with van der Waals surface area (Å²) in [6.07, 6.45) is 0.332. The molecule has 6 heteroatoms. The van der Waals surface area contributed by atoms with E-state index in [2.05, 4.69) is 5.32 Å². The highest BCUT2D eigenvalue weighted by Crippen LogP contribution is 2.20. The van der Waals surface area contributed by atoms with Crippen LogP contribution in [-0.2, 0) is 11.3 Å². The standard InChI is InChI=1S/C19H18F2N2O2/c20-15-7-5-13(6-8-15)11-23-12-14(9-18(23)24)10-22-19(25)16-3-1-2-4-17(16)21/h1-8,14H,9-12H2,(H,22,25). The van der Waals surface area contributed by atoms with Crippen LogP contribution in [0.4, 0.5) is 8.78 Å². The molecule has 1 saturated heterocycles. The second-order valence-corrected chi connectivity index (χ2v) is 6.16. The van der Waals surface area contributed by atoms with Crippen LogP contribution >= 0.6 is 0 Å². The Balaban J connectivity index is 1.53. The lowest BCUT2D eigenvalue weighted by Gasteiger charge is -2.17. The average molecular weight is 344 g/mol. The van der Waals surface area contributed by atoms with E-state index in [1.54, 1.807) is 23.1 Å². The van der Waals surface area contributed by atoms with Gasteiger partial charge in [-0.05, 0) is 29.8 Å². The molecule has 0 bridgehead atoms. The highest BCUT2D eigenvalue weighted by molar-refractivity contribution is 5.94. The summed E-state index contributed by atoms with van der Waals surface area (Å²) in [5.41, 5.74) is 0.848. The SMILES string of the molecule is O=C(NCC1CC(=O)N(Cc2ccc(F)cc2)C1)c1ccccc1F. The zero-order chi connectivity index (χ0) is 17.8. The third kappa shape index (κ3) is 4.21. The van der Waals surface area contributed by atoms with Gasteiger partial charge in [0, 0.05) is 32.0 Å². The van der Waals surface area contributed by atoms with Crippen molar-refractivity contribution in [2.75, 3.05) is 13.1 Å². The number of hydrogen-bond acceptors (Lipinski definition) is 2. The van der Waals surface area contributed by atoms with Gasteiger partial charge in [0.2, 0.25) is 5.91 Å². The van der Waals surface area contributed by atoms with Gasteiger partial charge in [0.15, 0.2) is 0 Å². The molecule has 0 spiro atoms. The maximum absolute atomic E-state index is 13.6. The first-order chi connectivity index (χ1) is 12.0. The van der Waals surface area contributed by atoms with Gasteiger partial charge in [-0.25, -0.2) is 8.78 Å². The number of nitrogens with one attached hydrogen (secondary N) is 1. The Morgan fingerprint density at radius 1 is 1.12 bits per heavy atom. The van der Waals surface area contributed by atoms with Gasteiger partial charge < -0.3 is 10.2 Å². The summed E-state index contributed by atoms with van der Waals surface area (Å²) in [6, 6.07) is 11.8. The molecule has 1 aliphatic rings. The largest absolute Gasteiger partial charge is 0.352 e. The van der Waals surface area contributed by atoms with Gasteiger partial charge in [-0.1, -0.05) is 24.3 Å². The lowest BCUT2D eigenvalue weighted by atomic mass is 10.1. The van der Waals surface area contributed by atoms with E-state index in [9.17, 15) is 18.4 Å². The summed E-state index contributed by atoms with van der Waals surface area (Å²) >= 11 is 0. The van der Waals surface area contributed by atoms with Crippen LogP contribution in [0.2, 0.25) is 0 Å². The third-order valence-electron chi connectivity index (χ3n) is 4.25. The first-order valence-corrected chi connectivity index (χ1v) is 8.08. The highest BCUT2D eigenvalue weighted by Gasteiger charge is 2.29. The Labute approximate surface area is 144 Å². The molecule has 1 unspecified atom stereocenters. The van der Waals surface area contributed by atoms with Gasteiger partial charge in [-0.15, -0.1) is 0 Å². The van der Waals surface area contributed by atoms with Crippen molar-refractivity contribution in [3.63, 3.8) is 0 Å². The normalized spacial score (nSPS) is 17.0. The Hall–Kier alpha value is -2.76. The summed E-state index contributed by atoms with van der Waals surface area (Å²) in [5, 5.41) is 2.69. The van der Waals surface area contributed by atoms with Crippen molar-refractivity contribution in [3.05, 3.63) is 71.3 Å². The molecule has 130 valence electrons. The third-order valence-corrected chi connectivity index (χ3v) is 4.25. The predicted molar refractivity (Wildman–Crippen MR) is 88.7 cm³/mol. The molecule has 1 atom stereocenters. The number of hydrogen-bond donors (Lipinski definition) is 1. The summed E-state index contributed by atoms with van der Waals surface area (Å²) in [7, 11) is 0. The molecular weight excluding hydrogens is 326 g/mol. The zero-order valence-corrected chi connectivity index (χ0v) is 13.5. The first kappa shape index (κ1) is 17.1. The van der Waals surface area contributed by atoms with Crippen LogP contribution in [0.5, 0.6) is 0 Å². The monoisotopic (exact) mass is 344 g/mol. The number of carbonyl (C=O) groups is 2. The summed E-state index contributed by atoms with van der Waals surface area (Å²) < 4.78 is 26.5. The molecule has 1 aliphatic heterocycles. The van der Waals surface area contributed by atoms with E-state index in [0.29, 0.717) is 26.1 Å². The Morgan fingerprint density at radius 3 is 2.56 bits per heavy atom. The molecule has 1 fully saturated rings. The van der Waals surface area contributed by atoms with Gasteiger partial charge in [-0.3, -0.25) is 9.59 Å². The lowest BCUT2D eigenvalue weighted by molar-refractivity contribution is -0.128. The molecule has 2 aromatic rings. The predicted octanol–water partition coefficient (Wildman–Crippen LogP) is 2.74. The number of nitrogens with zero attached hydrogens (tertiary/aromatic N) is 1. The number of amides is 2. The number of likely N-dealkylation sites (tertiary alicyclic amines) is 1. The lowest BCUT2D eigenvalue weighted by Crippen LogP contribution is -2.31. The van der Waals surface area contributed by atoms with E-state index in [0.717, 1.165) is 5.56 Å². The minimum absolute atomic E-state index is 0.00464. The molecule has 0 radical (unpaired) electrons. The number of halogens is 2. The van der Waals surface area contributed by atoms with Crippen molar-refractivity contribution in [3.8, 4) is 0 Å². The number of benzene rings is 2. The summed E-state index contributed by atoms with van der Waals surface area (Å²) in [6.45, 7) is 1.23. The van der Waals surface area contributed by atoms with Crippen molar-refractivity contribution in [2.45, 2.75) is 13.0 Å². The zero-order valence-electron chi connectivity index (χ0n) is 13.5. The van der Waals surface area contributed by atoms with Gasteiger partial charge in [-0.2, -0.15) is 0 Å². The van der Waals surface area contributed by atoms with E-state index >= 15 is 0 Å². The quantitative estimate of drug-likeness (QED) is 0.907. The fraction of sp³-hybridized carbons (Fsp3) is 0.263. The van der Waals surface area contributed by atoms with Crippen molar-refractivity contribution >= 4 is 11.8 Å². The molecule has 2 aromatic carbocycles. The second-order valence-electron chi connectivity index (χ2n) is 6.16. The summed E-state index contributed by atoms with van der Waals surface area (Å²) in [4.78, 5) is 25.8. The molecule has 3 rings (SSSR count). The van der Waals surface area contributed by atoms with Crippen LogP contribution < -0.4 is 5.32 Å². The Morgan fingerprint density at radius 2 is 1.84 bits per heavy atom. The topological polar surface area (TPSA) is 49.4 Å². The first-order valence-electron chi connectivity index (χ1n) is 8.08. The molecule has 0 aromatic heterocycles. The second kappa shape index (κ2) is 7.42. The highest BCUT2D eigenvalue weighted by atomic mass is 19.1. The van der Waals surface area contributed by atoms with Gasteiger partial charge >= 0.3 is 0 Å². The van der Waals surface area contributed by atoms with E-state index in [-0.39, 0.29) is 23.2 Å². The molecule has 25 heavy (non-hydrogen) atoms. The fourth-order valence-electron chi connectivity index (χ4n) is 2.93. The molecule has 1 N–H and O–H groups in total. The molecule has 4 nitrogen and oxygen atoms in total. The molecule has 0 saturated carbocycles. The van der Waals surface area contributed by atoms with Crippen molar-refractivity contribution in [2.24, 2.45) is 5.92 Å². The van der Waals surface area contributed by atoms with Crippen LogP contribution in [0.15, 0.2) is 48.5 Å². The molecule has 2 amide bonds. The van der Waals surface area contributed by atoms with Gasteiger partial charge in [0.25, 0.3) is 5.91 Å². The van der Waals surface area contributed by atoms with E-state index in [4.69, 9.17) is 0 Å². The van der Waals surface area contributed by atoms with Gasteiger partial charge in [0.1, 0.15) is 11.6 Å². The van der Waals surface area contributed by atoms with Crippen molar-refractivity contribution < 1.29 is 18.4 Å². The molecule has 1 heterocycles. The smallest absolute Gasteiger partial charge is 0.254 e. The molecular formula is C19H18F2N2O2. The van der Waals surface area contributed by atoms with Crippen molar-refractivity contribution in [1.82, 2.24) is 10.2 Å².